The van der Waals surface area contributed by atoms with Crippen LogP contribution >= 0.6 is 0 Å². The fourth-order valence-corrected chi connectivity index (χ4v) is 4.74. The van der Waals surface area contributed by atoms with E-state index in [4.69, 9.17) is 0 Å². The van der Waals surface area contributed by atoms with Crippen molar-refractivity contribution in [2.75, 3.05) is 7.05 Å². The third-order valence-corrected chi connectivity index (χ3v) is 7.09. The summed E-state index contributed by atoms with van der Waals surface area (Å²) in [5.74, 6) is 0.0482. The zero-order valence-corrected chi connectivity index (χ0v) is 24.0. The van der Waals surface area contributed by atoms with E-state index in [-0.39, 0.29) is 5.92 Å². The molecule has 1 atom stereocenters. The number of nitrogens with zero attached hydrogens (tertiary/aromatic N) is 2. The first-order valence-corrected chi connectivity index (χ1v) is 13.2. The van der Waals surface area contributed by atoms with Crippen LogP contribution in [-0.2, 0) is 0 Å². The maximum Gasteiger partial charge on any atom is 0.692 e. The number of rotatable bonds is 9. The Morgan fingerprint density at radius 3 is 1.69 bits per heavy atom. The fraction of sp³-hybridized carbons (Fsp3) is 0.235. The average Bonchev–Trinajstić information content (AvgIpc) is 2.93. The van der Waals surface area contributed by atoms with E-state index >= 15 is 0 Å². The van der Waals surface area contributed by atoms with E-state index in [1.54, 1.807) is 20.0 Å². The zero-order valence-electron chi connectivity index (χ0n) is 24.0. The summed E-state index contributed by atoms with van der Waals surface area (Å²) >= 11 is 0. The number of hydrogen-bond donors (Lipinski definition) is 0. The summed E-state index contributed by atoms with van der Waals surface area (Å²) in [5.41, 5.74) is 11.1. The standard InChI is InChI=1S/C34H37BF2N2/c1-23(18-25(3)38-7)27(5)34(28(6)24(2)19-26(4)39-35(36)37)33-21-31(29-14-10-8-11-15-29)20-32(22-33)30-16-12-9-13-17-30/h8-22,27H,1-7H3/b23-18-,24-19-,34-28-,38-25+,39-26+. The first-order chi connectivity index (χ1) is 18.6. The minimum absolute atomic E-state index is 0.0482. The Morgan fingerprint density at radius 1 is 0.718 bits per heavy atom. The Balaban J connectivity index is 2.34. The van der Waals surface area contributed by atoms with Crippen LogP contribution in [0.4, 0.5) is 8.63 Å². The first kappa shape index (κ1) is 29.7. The van der Waals surface area contributed by atoms with Crippen molar-refractivity contribution in [2.45, 2.75) is 41.5 Å². The van der Waals surface area contributed by atoms with Crippen LogP contribution in [0.3, 0.4) is 0 Å². The van der Waals surface area contributed by atoms with Gasteiger partial charge in [0.25, 0.3) is 0 Å². The molecular formula is C34H37BF2N2. The van der Waals surface area contributed by atoms with E-state index in [2.05, 4.69) is 79.2 Å². The molecule has 39 heavy (non-hydrogen) atoms. The number of hydrogen-bond acceptors (Lipinski definition) is 2. The molecule has 0 fully saturated rings. The summed E-state index contributed by atoms with van der Waals surface area (Å²) in [5, 5.41) is 0. The van der Waals surface area contributed by atoms with Gasteiger partial charge in [-0.05, 0) is 110 Å². The summed E-state index contributed by atoms with van der Waals surface area (Å²) in [6.07, 6.45) is 3.85. The lowest BCUT2D eigenvalue weighted by molar-refractivity contribution is 0.662. The Kier molecular flexibility index (Phi) is 10.5. The molecule has 3 aromatic rings. The van der Waals surface area contributed by atoms with Gasteiger partial charge in [0.15, 0.2) is 0 Å². The molecule has 3 rings (SSSR count). The summed E-state index contributed by atoms with van der Waals surface area (Å²) in [7, 11) is -0.937. The minimum atomic E-state index is -2.73. The van der Waals surface area contributed by atoms with Gasteiger partial charge in [0.05, 0.1) is 0 Å². The molecule has 0 aliphatic carbocycles. The van der Waals surface area contributed by atoms with Crippen molar-refractivity contribution >= 4 is 24.4 Å². The highest BCUT2D eigenvalue weighted by Crippen LogP contribution is 2.38. The number of aliphatic imine (C=N–C) groups is 1. The molecule has 0 amide bonds. The molecule has 0 aromatic heterocycles. The van der Waals surface area contributed by atoms with Crippen LogP contribution < -0.4 is 0 Å². The number of halogens is 2. The molecule has 2 nitrogen and oxygen atoms in total. The van der Waals surface area contributed by atoms with Crippen LogP contribution in [0, 0.1) is 5.92 Å². The van der Waals surface area contributed by atoms with Crippen LogP contribution in [0.15, 0.2) is 118 Å². The predicted octanol–water partition coefficient (Wildman–Crippen LogP) is 9.80. The highest BCUT2D eigenvalue weighted by atomic mass is 19.2. The molecule has 200 valence electrons. The van der Waals surface area contributed by atoms with Crippen LogP contribution in [0.2, 0.25) is 0 Å². The zero-order chi connectivity index (χ0) is 28.5. The van der Waals surface area contributed by atoms with E-state index in [1.807, 2.05) is 50.2 Å². The van der Waals surface area contributed by atoms with E-state index in [0.29, 0.717) is 5.71 Å². The van der Waals surface area contributed by atoms with E-state index in [0.717, 1.165) is 50.2 Å². The lowest BCUT2D eigenvalue weighted by Crippen LogP contribution is -2.07. The summed E-state index contributed by atoms with van der Waals surface area (Å²) in [6, 6.07) is 27.4. The van der Waals surface area contributed by atoms with Crippen molar-refractivity contribution in [3.63, 3.8) is 0 Å². The number of benzene rings is 3. The molecule has 1 unspecified atom stereocenters. The van der Waals surface area contributed by atoms with E-state index in [9.17, 15) is 8.63 Å². The third kappa shape index (κ3) is 8.06. The summed E-state index contributed by atoms with van der Waals surface area (Å²) in [6.45, 7) is 11.9. The smallest absolute Gasteiger partial charge is 0.293 e. The van der Waals surface area contributed by atoms with Crippen LogP contribution in [-0.4, -0.2) is 25.9 Å². The Morgan fingerprint density at radius 2 is 1.23 bits per heavy atom. The maximum absolute atomic E-state index is 12.9. The van der Waals surface area contributed by atoms with Gasteiger partial charge in [0.2, 0.25) is 0 Å². The molecule has 0 heterocycles. The summed E-state index contributed by atoms with van der Waals surface area (Å²) < 4.78 is 25.8. The Labute approximate surface area is 232 Å². The van der Waals surface area contributed by atoms with Crippen molar-refractivity contribution in [1.29, 1.82) is 0 Å². The topological polar surface area (TPSA) is 24.7 Å². The van der Waals surface area contributed by atoms with Gasteiger partial charge in [-0.1, -0.05) is 73.2 Å². The largest absolute Gasteiger partial charge is 0.692 e. The molecule has 0 aliphatic rings. The normalized spacial score (nSPS) is 14.7. The van der Waals surface area contributed by atoms with Gasteiger partial charge in [0.1, 0.15) is 0 Å². The van der Waals surface area contributed by atoms with Crippen molar-refractivity contribution in [2.24, 2.45) is 15.8 Å². The van der Waals surface area contributed by atoms with Crippen LogP contribution in [0.5, 0.6) is 0 Å². The third-order valence-electron chi connectivity index (χ3n) is 7.09. The molecule has 0 radical (unpaired) electrons. The monoisotopic (exact) mass is 522 g/mol. The molecule has 0 spiro atoms. The van der Waals surface area contributed by atoms with E-state index in [1.165, 1.54) is 5.57 Å². The van der Waals surface area contributed by atoms with Gasteiger partial charge in [-0.2, -0.15) is 0 Å². The van der Waals surface area contributed by atoms with Gasteiger partial charge in [0, 0.05) is 24.4 Å². The lowest BCUT2D eigenvalue weighted by atomic mass is 9.81. The lowest BCUT2D eigenvalue weighted by Gasteiger charge is -2.23. The molecule has 5 heteroatoms. The predicted molar refractivity (Wildman–Crippen MR) is 167 cm³/mol. The van der Waals surface area contributed by atoms with Crippen molar-refractivity contribution in [3.8, 4) is 22.3 Å². The highest BCUT2D eigenvalue weighted by Gasteiger charge is 2.19. The second-order valence-corrected chi connectivity index (χ2v) is 9.92. The second-order valence-electron chi connectivity index (χ2n) is 9.92. The second kappa shape index (κ2) is 13.8. The van der Waals surface area contributed by atoms with Crippen LogP contribution in [0.25, 0.3) is 27.8 Å². The Bertz CT molecular complexity index is 1370. The molecule has 0 bridgehead atoms. The van der Waals surface area contributed by atoms with Crippen LogP contribution in [0.1, 0.15) is 47.1 Å². The molecule has 0 N–H and O–H groups in total. The molecule has 0 aliphatic heterocycles. The van der Waals surface area contributed by atoms with Crippen molar-refractivity contribution in [1.82, 2.24) is 0 Å². The van der Waals surface area contributed by atoms with Gasteiger partial charge in [-0.15, -0.1) is 0 Å². The molecule has 0 saturated carbocycles. The van der Waals surface area contributed by atoms with Gasteiger partial charge < -0.3 is 0 Å². The summed E-state index contributed by atoms with van der Waals surface area (Å²) in [4.78, 5) is 7.75. The SMILES string of the molecule is C/N=C(C)/C=C(/C)C(C)/C(=C(C)/C(C)=C\C(C)=N\B(F)F)c1cc(-c2ccccc2)cc(-c2ccccc2)c1. The minimum Gasteiger partial charge on any atom is -0.293 e. The van der Waals surface area contributed by atoms with Crippen molar-refractivity contribution < 1.29 is 8.63 Å². The first-order valence-electron chi connectivity index (χ1n) is 13.2. The van der Waals surface area contributed by atoms with Gasteiger partial charge in [-0.3, -0.25) is 18.5 Å². The average molecular weight is 522 g/mol. The van der Waals surface area contributed by atoms with Crippen molar-refractivity contribution in [3.05, 3.63) is 113 Å². The molecule has 3 aromatic carbocycles. The molecule has 0 saturated heterocycles. The quantitative estimate of drug-likeness (QED) is 0.152. The molecular weight excluding hydrogens is 485 g/mol. The fourth-order valence-electron chi connectivity index (χ4n) is 4.74. The van der Waals surface area contributed by atoms with Gasteiger partial charge >= 0.3 is 7.40 Å². The van der Waals surface area contributed by atoms with Gasteiger partial charge in [-0.25, -0.2) is 0 Å². The number of allylic oxidation sites excluding steroid dienone is 6. The van der Waals surface area contributed by atoms with E-state index < -0.39 is 7.40 Å². The Hall–Kier alpha value is -3.86. The maximum atomic E-state index is 12.9. The highest BCUT2D eigenvalue weighted by molar-refractivity contribution is 6.43.